The summed E-state index contributed by atoms with van der Waals surface area (Å²) in [4.78, 5) is 5.99. The Bertz CT molecular complexity index is 2150. The van der Waals surface area contributed by atoms with Crippen LogP contribution in [0.1, 0.15) is 0 Å². The first-order chi connectivity index (χ1) is 21.3. The molecule has 0 aliphatic rings. The lowest BCUT2D eigenvalue weighted by molar-refractivity contribution is 0.766. The number of pyridine rings is 1. The van der Waals surface area contributed by atoms with Gasteiger partial charge < -0.3 is 0 Å². The van der Waals surface area contributed by atoms with Crippen LogP contribution in [0.15, 0.2) is 158 Å². The van der Waals surface area contributed by atoms with Crippen molar-refractivity contribution in [1.29, 1.82) is 0 Å². The summed E-state index contributed by atoms with van der Waals surface area (Å²) in [5.41, 5.74) is 11.9. The van der Waals surface area contributed by atoms with Crippen molar-refractivity contribution < 1.29 is 0 Å². The molecule has 8 rings (SSSR count). The van der Waals surface area contributed by atoms with Gasteiger partial charge in [-0.3, -0.25) is 4.98 Å². The second-order valence-electron chi connectivity index (χ2n) is 10.6. The number of fused-ring (bicyclic) bond motifs is 3. The highest BCUT2D eigenvalue weighted by molar-refractivity contribution is 6.11. The second-order valence-corrected chi connectivity index (χ2v) is 10.6. The van der Waals surface area contributed by atoms with Gasteiger partial charge in [0.1, 0.15) is 11.0 Å². The lowest BCUT2D eigenvalue weighted by atomic mass is 9.91. The quantitative estimate of drug-likeness (QED) is 0.214. The van der Waals surface area contributed by atoms with E-state index in [-0.39, 0.29) is 0 Å². The molecule has 8 aromatic rings. The third-order valence-electron chi connectivity index (χ3n) is 7.94. The van der Waals surface area contributed by atoms with E-state index >= 15 is 0 Å². The zero-order valence-electron chi connectivity index (χ0n) is 23.3. The van der Waals surface area contributed by atoms with Gasteiger partial charge in [0.05, 0.1) is 5.69 Å². The topological polar surface area (TPSA) is 43.6 Å². The fourth-order valence-electron chi connectivity index (χ4n) is 5.80. The van der Waals surface area contributed by atoms with Crippen LogP contribution in [0.4, 0.5) is 0 Å². The molecule has 0 radical (unpaired) electrons. The van der Waals surface area contributed by atoms with Crippen molar-refractivity contribution in [2.24, 2.45) is 0 Å². The molecule has 2 aromatic heterocycles. The molecule has 4 heteroatoms. The molecule has 0 bridgehead atoms. The molecule has 4 nitrogen and oxygen atoms in total. The summed E-state index contributed by atoms with van der Waals surface area (Å²) in [6.45, 7) is 0. The molecule has 43 heavy (non-hydrogen) atoms. The highest BCUT2D eigenvalue weighted by Gasteiger charge is 2.15. The maximum Gasteiger partial charge on any atom is 0.121 e. The van der Waals surface area contributed by atoms with E-state index in [4.69, 9.17) is 10.2 Å². The van der Waals surface area contributed by atoms with Crippen LogP contribution in [0.3, 0.4) is 0 Å². The van der Waals surface area contributed by atoms with Crippen LogP contribution in [0.5, 0.6) is 0 Å². The van der Waals surface area contributed by atoms with Crippen LogP contribution in [0.2, 0.25) is 0 Å². The summed E-state index contributed by atoms with van der Waals surface area (Å²) < 4.78 is 0. The zero-order valence-corrected chi connectivity index (χ0v) is 23.3. The van der Waals surface area contributed by atoms with Crippen LogP contribution < -0.4 is 0 Å². The first kappa shape index (κ1) is 24.9. The number of hydrogen-bond acceptors (Lipinski definition) is 3. The third kappa shape index (κ3) is 4.65. The Morgan fingerprint density at radius 1 is 0.419 bits per heavy atom. The molecule has 0 saturated carbocycles. The largest absolute Gasteiger partial charge is 0.264 e. The Balaban J connectivity index is 1.29. The molecule has 0 spiro atoms. The fourth-order valence-corrected chi connectivity index (χ4v) is 5.80. The van der Waals surface area contributed by atoms with E-state index in [1.165, 1.54) is 22.3 Å². The summed E-state index contributed by atoms with van der Waals surface area (Å²) in [7, 11) is 0. The van der Waals surface area contributed by atoms with Crippen molar-refractivity contribution in [3.8, 4) is 50.2 Å². The first-order valence-corrected chi connectivity index (χ1v) is 14.4. The molecular weight excluding hydrogens is 524 g/mol. The number of aromatic nitrogens is 4. The molecular formula is C39H26N4. The van der Waals surface area contributed by atoms with Crippen LogP contribution in [-0.2, 0) is 0 Å². The van der Waals surface area contributed by atoms with Crippen molar-refractivity contribution in [1.82, 2.24) is 20.0 Å². The summed E-state index contributed by atoms with van der Waals surface area (Å²) >= 11 is 0. The molecule has 0 N–H and O–H groups in total. The van der Waals surface area contributed by atoms with Crippen LogP contribution in [0.25, 0.3) is 72.0 Å². The van der Waals surface area contributed by atoms with E-state index in [9.17, 15) is 0 Å². The minimum Gasteiger partial charge on any atom is -0.264 e. The molecule has 2 heterocycles. The van der Waals surface area contributed by atoms with Crippen molar-refractivity contribution in [3.05, 3.63) is 158 Å². The van der Waals surface area contributed by atoms with Gasteiger partial charge in [0.2, 0.25) is 0 Å². The Labute approximate surface area is 249 Å². The highest BCUT2D eigenvalue weighted by Crippen LogP contribution is 2.38. The molecule has 0 aliphatic heterocycles. The summed E-state index contributed by atoms with van der Waals surface area (Å²) in [5, 5.41) is 12.2. The van der Waals surface area contributed by atoms with Gasteiger partial charge in [-0.25, -0.2) is 0 Å². The predicted molar refractivity (Wildman–Crippen MR) is 176 cm³/mol. The van der Waals surface area contributed by atoms with E-state index in [0.29, 0.717) is 0 Å². The van der Waals surface area contributed by atoms with Crippen LogP contribution in [0, 0.1) is 0 Å². The molecule has 0 saturated heterocycles. The van der Waals surface area contributed by atoms with Gasteiger partial charge in [-0.05, 0) is 92.4 Å². The Morgan fingerprint density at radius 2 is 1.00 bits per heavy atom. The average Bonchev–Trinajstić information content (AvgIpc) is 3.54. The molecule has 0 atom stereocenters. The van der Waals surface area contributed by atoms with E-state index in [1.54, 1.807) is 11.0 Å². The molecule has 0 amide bonds. The zero-order chi connectivity index (χ0) is 28.6. The van der Waals surface area contributed by atoms with Crippen molar-refractivity contribution in [2.75, 3.05) is 0 Å². The van der Waals surface area contributed by atoms with Gasteiger partial charge >= 0.3 is 0 Å². The van der Waals surface area contributed by atoms with Crippen molar-refractivity contribution in [3.63, 3.8) is 0 Å². The van der Waals surface area contributed by atoms with Crippen LogP contribution in [-0.4, -0.2) is 20.0 Å². The van der Waals surface area contributed by atoms with Gasteiger partial charge in [0, 0.05) is 17.8 Å². The predicted octanol–water partition coefficient (Wildman–Crippen LogP) is 9.64. The number of nitrogens with zero attached hydrogens (tertiary/aromatic N) is 4. The van der Waals surface area contributed by atoms with Gasteiger partial charge in [-0.1, -0.05) is 103 Å². The van der Waals surface area contributed by atoms with Gasteiger partial charge in [0.25, 0.3) is 0 Å². The van der Waals surface area contributed by atoms with Crippen molar-refractivity contribution >= 4 is 21.8 Å². The standard InChI is InChI=1S/C39H26N4/c1-3-10-27(11-4-1)31-22-32(28-12-5-2-6-13-28)24-33(23-31)37-25-38-39(36-16-8-7-15-35(36)37)42-43(41-38)34-19-17-29(18-20-34)30-14-9-21-40-26-30/h1-26H. The fraction of sp³-hybridized carbons (Fsp3) is 0. The average molecular weight is 551 g/mol. The maximum atomic E-state index is 4.98. The van der Waals surface area contributed by atoms with E-state index < -0.39 is 0 Å². The van der Waals surface area contributed by atoms with Crippen LogP contribution >= 0.6 is 0 Å². The molecule has 0 aliphatic carbocycles. The minimum absolute atomic E-state index is 0.858. The monoisotopic (exact) mass is 550 g/mol. The molecule has 0 unspecified atom stereocenters. The minimum atomic E-state index is 0.858. The number of hydrogen-bond donors (Lipinski definition) is 0. The Hall–Kier alpha value is -5.87. The van der Waals surface area contributed by atoms with E-state index in [2.05, 4.69) is 145 Å². The van der Waals surface area contributed by atoms with Gasteiger partial charge in [0.15, 0.2) is 0 Å². The highest BCUT2D eigenvalue weighted by atomic mass is 15.5. The lowest BCUT2D eigenvalue weighted by Crippen LogP contribution is -1.98. The summed E-state index contributed by atoms with van der Waals surface area (Å²) in [6, 6.07) is 51.0. The van der Waals surface area contributed by atoms with Gasteiger partial charge in [-0.2, -0.15) is 4.80 Å². The van der Waals surface area contributed by atoms with E-state index in [1.807, 2.05) is 12.3 Å². The molecule has 0 fully saturated rings. The first-order valence-electron chi connectivity index (χ1n) is 14.4. The SMILES string of the molecule is c1ccc(-c2cc(-c3ccccc3)cc(-c3cc4nn(-c5ccc(-c6cccnc6)cc5)nc4c4ccccc34)c2)cc1. The number of rotatable bonds is 5. The molecule has 202 valence electrons. The van der Waals surface area contributed by atoms with E-state index in [0.717, 1.165) is 49.7 Å². The Kier molecular flexibility index (Phi) is 6.08. The Morgan fingerprint density at radius 3 is 1.65 bits per heavy atom. The lowest BCUT2D eigenvalue weighted by Gasteiger charge is -2.13. The molecule has 6 aromatic carbocycles. The third-order valence-corrected chi connectivity index (χ3v) is 7.94. The second kappa shape index (κ2) is 10.5. The number of benzene rings is 6. The normalized spacial score (nSPS) is 11.3. The summed E-state index contributed by atoms with van der Waals surface area (Å²) in [6.07, 6.45) is 3.66. The maximum absolute atomic E-state index is 4.98. The van der Waals surface area contributed by atoms with Gasteiger partial charge in [-0.15, -0.1) is 10.2 Å². The smallest absolute Gasteiger partial charge is 0.121 e. The van der Waals surface area contributed by atoms with Crippen molar-refractivity contribution in [2.45, 2.75) is 0 Å². The summed E-state index contributed by atoms with van der Waals surface area (Å²) in [5.74, 6) is 0.